The molecule has 1 aliphatic heterocycles. The zero-order valence-electron chi connectivity index (χ0n) is 15.1. The number of aromatic nitrogens is 3. The van der Waals surface area contributed by atoms with Crippen molar-refractivity contribution < 1.29 is 4.39 Å². The summed E-state index contributed by atoms with van der Waals surface area (Å²) >= 11 is 0. The van der Waals surface area contributed by atoms with E-state index >= 15 is 0 Å². The van der Waals surface area contributed by atoms with Crippen molar-refractivity contribution in [2.24, 2.45) is 0 Å². The molecule has 0 spiro atoms. The molecule has 0 bridgehead atoms. The van der Waals surface area contributed by atoms with Crippen LogP contribution in [0.25, 0.3) is 0 Å². The Bertz CT molecular complexity index is 909. The van der Waals surface area contributed by atoms with Gasteiger partial charge in [0.15, 0.2) is 0 Å². The van der Waals surface area contributed by atoms with Crippen LogP contribution >= 0.6 is 0 Å². The number of pyridine rings is 1. The molecule has 3 aromatic rings. The van der Waals surface area contributed by atoms with Crippen molar-refractivity contribution in [1.29, 1.82) is 0 Å². The Morgan fingerprint density at radius 1 is 0.889 bits per heavy atom. The van der Waals surface area contributed by atoms with Crippen LogP contribution in [-0.4, -0.2) is 41.1 Å². The van der Waals surface area contributed by atoms with Crippen LogP contribution in [0.15, 0.2) is 54.7 Å². The van der Waals surface area contributed by atoms with E-state index in [0.29, 0.717) is 17.3 Å². The molecule has 7 heteroatoms. The first-order chi connectivity index (χ1) is 13.2. The normalized spacial score (nSPS) is 14.3. The fraction of sp³-hybridized carbons (Fsp3) is 0.250. The minimum absolute atomic E-state index is 0.281. The number of hydrogen-bond donors (Lipinski definition) is 1. The second kappa shape index (κ2) is 7.57. The van der Waals surface area contributed by atoms with Crippen molar-refractivity contribution >= 4 is 23.1 Å². The monoisotopic (exact) mass is 364 g/mol. The third-order valence-corrected chi connectivity index (χ3v) is 4.50. The predicted molar refractivity (Wildman–Crippen MR) is 105 cm³/mol. The van der Waals surface area contributed by atoms with Crippen LogP contribution in [0.4, 0.5) is 27.5 Å². The van der Waals surface area contributed by atoms with Gasteiger partial charge >= 0.3 is 0 Å². The number of nitrogens with one attached hydrogen (secondary N) is 1. The van der Waals surface area contributed by atoms with Crippen LogP contribution in [0.3, 0.4) is 0 Å². The Kier molecular flexibility index (Phi) is 4.82. The Morgan fingerprint density at radius 3 is 2.37 bits per heavy atom. The number of aryl methyl sites for hydroxylation is 1. The number of halogens is 1. The quantitative estimate of drug-likeness (QED) is 0.766. The first kappa shape index (κ1) is 17.2. The number of benzene rings is 1. The molecule has 0 aliphatic carbocycles. The summed E-state index contributed by atoms with van der Waals surface area (Å²) in [5, 5.41) is 3.16. The van der Waals surface area contributed by atoms with Crippen molar-refractivity contribution in [3.8, 4) is 0 Å². The summed E-state index contributed by atoms with van der Waals surface area (Å²) in [7, 11) is 0. The van der Waals surface area contributed by atoms with Gasteiger partial charge in [0.2, 0.25) is 0 Å². The van der Waals surface area contributed by atoms with Crippen LogP contribution in [0.1, 0.15) is 5.82 Å². The maximum absolute atomic E-state index is 13.4. The van der Waals surface area contributed by atoms with Gasteiger partial charge in [0.25, 0.3) is 0 Å². The fourth-order valence-corrected chi connectivity index (χ4v) is 3.20. The van der Waals surface area contributed by atoms with Crippen molar-refractivity contribution in [3.63, 3.8) is 0 Å². The van der Waals surface area contributed by atoms with Gasteiger partial charge in [-0.3, -0.25) is 0 Å². The maximum atomic E-state index is 13.4. The highest BCUT2D eigenvalue weighted by atomic mass is 19.1. The van der Waals surface area contributed by atoms with Gasteiger partial charge in [-0.1, -0.05) is 12.1 Å². The highest BCUT2D eigenvalue weighted by molar-refractivity contribution is 5.60. The van der Waals surface area contributed by atoms with Crippen LogP contribution in [-0.2, 0) is 0 Å². The van der Waals surface area contributed by atoms with Gasteiger partial charge in [-0.25, -0.2) is 19.3 Å². The van der Waals surface area contributed by atoms with E-state index in [1.807, 2.05) is 43.5 Å². The van der Waals surface area contributed by atoms with Crippen molar-refractivity contribution in [2.45, 2.75) is 6.92 Å². The molecule has 0 unspecified atom stereocenters. The topological polar surface area (TPSA) is 57.2 Å². The number of hydrogen-bond acceptors (Lipinski definition) is 6. The Hall–Kier alpha value is -3.22. The maximum Gasteiger partial charge on any atom is 0.136 e. The third kappa shape index (κ3) is 4.13. The highest BCUT2D eigenvalue weighted by Gasteiger charge is 2.19. The highest BCUT2D eigenvalue weighted by Crippen LogP contribution is 2.22. The van der Waals surface area contributed by atoms with E-state index in [9.17, 15) is 4.39 Å². The van der Waals surface area contributed by atoms with Crippen LogP contribution in [0.2, 0.25) is 0 Å². The molecule has 4 rings (SSSR count). The Balaban J connectivity index is 1.47. The van der Waals surface area contributed by atoms with Gasteiger partial charge in [-0.05, 0) is 37.3 Å². The average Bonchev–Trinajstić information content (AvgIpc) is 2.68. The van der Waals surface area contributed by atoms with Crippen molar-refractivity contribution in [2.75, 3.05) is 41.3 Å². The molecule has 0 amide bonds. The van der Waals surface area contributed by atoms with Crippen LogP contribution < -0.4 is 15.1 Å². The Morgan fingerprint density at radius 2 is 1.67 bits per heavy atom. The van der Waals surface area contributed by atoms with Crippen LogP contribution in [0, 0.1) is 12.7 Å². The summed E-state index contributed by atoms with van der Waals surface area (Å²) in [4.78, 5) is 17.9. The number of nitrogens with zero attached hydrogens (tertiary/aromatic N) is 5. The second-order valence-corrected chi connectivity index (χ2v) is 6.46. The van der Waals surface area contributed by atoms with Crippen LogP contribution in [0.5, 0.6) is 0 Å². The molecule has 1 fully saturated rings. The second-order valence-electron chi connectivity index (χ2n) is 6.46. The van der Waals surface area contributed by atoms with Gasteiger partial charge in [0, 0.05) is 44.1 Å². The predicted octanol–water partition coefficient (Wildman–Crippen LogP) is 3.39. The largest absolute Gasteiger partial charge is 0.353 e. The van der Waals surface area contributed by atoms with E-state index in [0.717, 1.165) is 37.8 Å². The van der Waals surface area contributed by atoms with E-state index in [2.05, 4.69) is 30.1 Å². The zero-order chi connectivity index (χ0) is 18.6. The standard InChI is InChI=1S/C20H21FN6/c1-15-23-18(25-17-6-4-5-16(21)13-17)14-20(24-15)27-11-9-26(10-12-27)19-7-2-3-8-22-19/h2-8,13-14H,9-12H2,1H3,(H,23,24,25). The first-order valence-electron chi connectivity index (χ1n) is 8.96. The summed E-state index contributed by atoms with van der Waals surface area (Å²) in [5.41, 5.74) is 0.666. The van der Waals surface area contributed by atoms with E-state index in [4.69, 9.17) is 0 Å². The molecule has 1 aromatic carbocycles. The van der Waals surface area contributed by atoms with E-state index in [1.165, 1.54) is 12.1 Å². The molecule has 0 radical (unpaired) electrons. The smallest absolute Gasteiger partial charge is 0.136 e. The molecule has 6 nitrogen and oxygen atoms in total. The fourth-order valence-electron chi connectivity index (χ4n) is 3.20. The van der Waals surface area contributed by atoms with Gasteiger partial charge in [0.1, 0.15) is 29.1 Å². The summed E-state index contributed by atoms with van der Waals surface area (Å²) in [6.07, 6.45) is 1.82. The average molecular weight is 364 g/mol. The number of anilines is 4. The summed E-state index contributed by atoms with van der Waals surface area (Å²) in [6.45, 7) is 5.34. The molecule has 1 saturated heterocycles. The molecule has 0 atom stereocenters. The zero-order valence-corrected chi connectivity index (χ0v) is 15.1. The van der Waals surface area contributed by atoms with Gasteiger partial charge in [0.05, 0.1) is 0 Å². The van der Waals surface area contributed by atoms with Gasteiger partial charge < -0.3 is 15.1 Å². The molecule has 138 valence electrons. The number of piperazine rings is 1. The van der Waals surface area contributed by atoms with E-state index < -0.39 is 0 Å². The molecular weight excluding hydrogens is 343 g/mol. The minimum atomic E-state index is -0.281. The molecule has 1 aliphatic rings. The van der Waals surface area contributed by atoms with E-state index in [1.54, 1.807) is 6.07 Å². The summed E-state index contributed by atoms with van der Waals surface area (Å²) in [6, 6.07) is 14.2. The van der Waals surface area contributed by atoms with Gasteiger partial charge in [-0.15, -0.1) is 0 Å². The summed E-state index contributed by atoms with van der Waals surface area (Å²) < 4.78 is 13.4. The number of rotatable bonds is 4. The molecular formula is C20H21FN6. The molecule has 2 aromatic heterocycles. The Labute approximate surface area is 157 Å². The lowest BCUT2D eigenvalue weighted by atomic mass is 10.3. The van der Waals surface area contributed by atoms with Gasteiger partial charge in [-0.2, -0.15) is 0 Å². The minimum Gasteiger partial charge on any atom is -0.353 e. The SMILES string of the molecule is Cc1nc(Nc2cccc(F)c2)cc(N2CCN(c3ccccn3)CC2)n1. The van der Waals surface area contributed by atoms with E-state index in [-0.39, 0.29) is 5.82 Å². The summed E-state index contributed by atoms with van der Waals surface area (Å²) in [5.74, 6) is 2.94. The molecule has 3 heterocycles. The first-order valence-corrected chi connectivity index (χ1v) is 8.96. The molecule has 1 N–H and O–H groups in total. The lowest BCUT2D eigenvalue weighted by Gasteiger charge is -2.36. The third-order valence-electron chi connectivity index (χ3n) is 4.50. The molecule has 0 saturated carbocycles. The lowest BCUT2D eigenvalue weighted by Crippen LogP contribution is -2.47. The van der Waals surface area contributed by atoms with Crippen molar-refractivity contribution in [1.82, 2.24) is 15.0 Å². The van der Waals surface area contributed by atoms with Crippen molar-refractivity contribution in [3.05, 3.63) is 66.4 Å². The lowest BCUT2D eigenvalue weighted by molar-refractivity contribution is 0.628. The molecule has 27 heavy (non-hydrogen) atoms.